The molecule has 4 rings (SSSR count). The molecule has 11 heteroatoms. The number of amides is 3. The summed E-state index contributed by atoms with van der Waals surface area (Å²) in [6.07, 6.45) is 1.18. The van der Waals surface area contributed by atoms with Crippen LogP contribution in [0.5, 0.6) is 11.6 Å². The van der Waals surface area contributed by atoms with Gasteiger partial charge in [0.05, 0.1) is 26.3 Å². The Balaban J connectivity index is 1.63. The summed E-state index contributed by atoms with van der Waals surface area (Å²) in [6.45, 7) is 7.60. The van der Waals surface area contributed by atoms with Crippen LogP contribution in [-0.2, 0) is 0 Å². The van der Waals surface area contributed by atoms with E-state index in [1.54, 1.807) is 52.1 Å². The number of aromatic nitrogens is 2. The minimum Gasteiger partial charge on any atom is -0.497 e. The van der Waals surface area contributed by atoms with E-state index in [4.69, 9.17) is 14.0 Å². The Morgan fingerprint density at radius 2 is 2.00 bits per heavy atom. The first-order chi connectivity index (χ1) is 18.6. The fourth-order valence-corrected chi connectivity index (χ4v) is 4.48. The maximum Gasteiger partial charge on any atom is 0.321 e. The molecule has 3 atom stereocenters. The number of fused-ring (bicyclic) bond motifs is 1. The zero-order chi connectivity index (χ0) is 28.3. The molecule has 0 unspecified atom stereocenters. The average Bonchev–Trinajstić information content (AvgIpc) is 3.26. The van der Waals surface area contributed by atoms with Crippen LogP contribution in [0.3, 0.4) is 0 Å². The highest BCUT2D eigenvalue weighted by Crippen LogP contribution is 2.31. The number of likely N-dealkylation sites (N-methyl/N-ethyl adjacent to an activating group) is 1. The van der Waals surface area contributed by atoms with Crippen LogP contribution < -0.4 is 14.8 Å². The van der Waals surface area contributed by atoms with Crippen LogP contribution in [0.15, 0.2) is 41.1 Å². The number of nitrogens with zero attached hydrogens (tertiary/aromatic N) is 4. The van der Waals surface area contributed by atoms with Crippen molar-refractivity contribution in [1.82, 2.24) is 19.9 Å². The monoisotopic (exact) mass is 537 g/mol. The summed E-state index contributed by atoms with van der Waals surface area (Å²) in [4.78, 5) is 34.3. The fourth-order valence-electron chi connectivity index (χ4n) is 4.48. The van der Waals surface area contributed by atoms with Crippen molar-refractivity contribution in [1.29, 1.82) is 0 Å². The van der Waals surface area contributed by atoms with Crippen LogP contribution in [0.4, 0.5) is 10.5 Å². The van der Waals surface area contributed by atoms with Crippen molar-refractivity contribution in [3.8, 4) is 22.8 Å². The zero-order valence-corrected chi connectivity index (χ0v) is 23.1. The molecule has 0 saturated heterocycles. The number of pyridine rings is 1. The van der Waals surface area contributed by atoms with Gasteiger partial charge in [-0.2, -0.15) is 0 Å². The Morgan fingerprint density at radius 1 is 1.28 bits per heavy atom. The van der Waals surface area contributed by atoms with Gasteiger partial charge in [0, 0.05) is 31.3 Å². The normalized spacial score (nSPS) is 17.9. The number of carbonyl (C=O) groups excluding carboxylic acids is 2. The highest BCUT2D eigenvalue weighted by molar-refractivity contribution is 5.98. The van der Waals surface area contributed by atoms with E-state index in [1.807, 2.05) is 31.2 Å². The predicted molar refractivity (Wildman–Crippen MR) is 145 cm³/mol. The average molecular weight is 538 g/mol. The Bertz CT molecular complexity index is 1300. The van der Waals surface area contributed by atoms with Crippen molar-refractivity contribution < 1.29 is 28.7 Å². The molecule has 0 saturated carbocycles. The molecule has 1 aliphatic heterocycles. The smallest absolute Gasteiger partial charge is 0.321 e. The molecule has 3 heterocycles. The topological polar surface area (TPSA) is 130 Å². The number of nitrogens with one attached hydrogen (secondary N) is 1. The van der Waals surface area contributed by atoms with E-state index in [9.17, 15) is 14.7 Å². The molecule has 0 aliphatic carbocycles. The van der Waals surface area contributed by atoms with Gasteiger partial charge in [-0.05, 0) is 44.5 Å². The number of aliphatic hydroxyl groups is 1. The maximum absolute atomic E-state index is 13.7. The van der Waals surface area contributed by atoms with Crippen LogP contribution in [0.25, 0.3) is 11.1 Å². The summed E-state index contributed by atoms with van der Waals surface area (Å²) in [5, 5.41) is 16.6. The van der Waals surface area contributed by atoms with E-state index in [-0.39, 0.29) is 36.9 Å². The Hall–Kier alpha value is -4.12. The Kier molecular flexibility index (Phi) is 8.39. The number of aryl methyl sites for hydroxylation is 2. The molecule has 3 aromatic rings. The van der Waals surface area contributed by atoms with Crippen LogP contribution in [0, 0.1) is 19.8 Å². The van der Waals surface area contributed by atoms with Gasteiger partial charge in [-0.25, -0.2) is 9.78 Å². The first-order valence-electron chi connectivity index (χ1n) is 12.8. The number of anilines is 1. The molecule has 1 aliphatic rings. The number of hydrogen-bond donors (Lipinski definition) is 2. The molecule has 0 spiro atoms. The largest absolute Gasteiger partial charge is 0.497 e. The third-order valence-corrected chi connectivity index (χ3v) is 7.01. The second-order valence-corrected chi connectivity index (χ2v) is 9.94. The number of urea groups is 1. The van der Waals surface area contributed by atoms with Crippen molar-refractivity contribution in [3.05, 3.63) is 53.5 Å². The third kappa shape index (κ3) is 5.98. The van der Waals surface area contributed by atoms with E-state index in [2.05, 4.69) is 15.5 Å². The van der Waals surface area contributed by atoms with Gasteiger partial charge in [-0.3, -0.25) is 4.79 Å². The summed E-state index contributed by atoms with van der Waals surface area (Å²) in [7, 11) is 3.27. The number of carbonyl (C=O) groups is 2. The molecular weight excluding hydrogens is 502 g/mol. The summed E-state index contributed by atoms with van der Waals surface area (Å²) >= 11 is 0. The van der Waals surface area contributed by atoms with E-state index < -0.39 is 12.1 Å². The summed E-state index contributed by atoms with van der Waals surface area (Å²) < 4.78 is 16.7. The van der Waals surface area contributed by atoms with Crippen molar-refractivity contribution in [3.63, 3.8) is 0 Å². The minimum atomic E-state index is -0.481. The van der Waals surface area contributed by atoms with Gasteiger partial charge in [0.15, 0.2) is 5.76 Å². The number of ether oxygens (including phenoxy) is 2. The lowest BCUT2D eigenvalue weighted by Gasteiger charge is -2.37. The summed E-state index contributed by atoms with van der Waals surface area (Å²) in [5.74, 6) is 0.976. The quantitative estimate of drug-likeness (QED) is 0.466. The molecule has 3 amide bonds. The van der Waals surface area contributed by atoms with E-state index >= 15 is 0 Å². The lowest BCUT2D eigenvalue weighted by atomic mass is 9.99. The van der Waals surface area contributed by atoms with Crippen molar-refractivity contribution >= 4 is 17.6 Å². The van der Waals surface area contributed by atoms with Crippen LogP contribution in [0.2, 0.25) is 0 Å². The predicted octanol–water partition coefficient (Wildman–Crippen LogP) is 3.75. The number of aliphatic hydroxyl groups excluding tert-OH is 1. The lowest BCUT2D eigenvalue weighted by molar-refractivity contribution is 0.0356. The van der Waals surface area contributed by atoms with Gasteiger partial charge in [0.25, 0.3) is 5.91 Å². The number of benzene rings is 1. The second kappa shape index (κ2) is 11.7. The molecule has 39 heavy (non-hydrogen) atoms. The summed E-state index contributed by atoms with van der Waals surface area (Å²) in [5.41, 5.74) is 3.02. The lowest BCUT2D eigenvalue weighted by Crippen LogP contribution is -2.50. The van der Waals surface area contributed by atoms with Crippen LogP contribution >= 0.6 is 0 Å². The molecule has 1 aromatic carbocycles. The first-order valence-corrected chi connectivity index (χ1v) is 12.8. The Labute approximate surface area is 227 Å². The van der Waals surface area contributed by atoms with E-state index in [0.29, 0.717) is 29.2 Å². The highest BCUT2D eigenvalue weighted by atomic mass is 16.5. The fraction of sp³-hybridized carbons (Fsp3) is 0.429. The number of rotatable bonds is 7. The van der Waals surface area contributed by atoms with Gasteiger partial charge in [-0.1, -0.05) is 24.2 Å². The van der Waals surface area contributed by atoms with Crippen LogP contribution in [-0.4, -0.2) is 83.0 Å². The highest BCUT2D eigenvalue weighted by Gasteiger charge is 2.35. The number of hydrogen-bond acceptors (Lipinski definition) is 8. The molecule has 0 bridgehead atoms. The second-order valence-electron chi connectivity index (χ2n) is 9.94. The molecule has 0 fully saturated rings. The summed E-state index contributed by atoms with van der Waals surface area (Å²) in [6, 6.07) is 8.45. The number of methoxy groups -OCH3 is 1. The third-order valence-electron chi connectivity index (χ3n) is 7.01. The van der Waals surface area contributed by atoms with Crippen LogP contribution in [0.1, 0.15) is 35.7 Å². The Morgan fingerprint density at radius 3 is 2.62 bits per heavy atom. The van der Waals surface area contributed by atoms with Gasteiger partial charge >= 0.3 is 6.03 Å². The zero-order valence-electron chi connectivity index (χ0n) is 23.1. The molecule has 11 nitrogen and oxygen atoms in total. The molecule has 2 N–H and O–H groups in total. The van der Waals surface area contributed by atoms with Gasteiger partial charge in [-0.15, -0.1) is 0 Å². The molecule has 208 valence electrons. The van der Waals surface area contributed by atoms with Gasteiger partial charge < -0.3 is 34.2 Å². The SMILES string of the molecule is COc1ccc(-c2cnc3c(c2)C(=O)N([C@H](C)CO)C[C@@H](C)[C@@H](CN(C)C(=O)Nc2c(C)noc2C)O3)cc1. The van der Waals surface area contributed by atoms with Crippen molar-refractivity contribution in [2.24, 2.45) is 5.92 Å². The standard InChI is InChI=1S/C28H35N5O6/c1-16-13-33(17(2)15-34)27(35)23-11-21(20-7-9-22(37-6)10-8-20)12-29-26(23)38-24(16)14-32(5)28(36)30-25-18(3)31-39-19(25)4/h7-12,16-17,24,34H,13-15H2,1-6H3,(H,30,36)/t16-,17-,24-/m1/s1. The molecular formula is C28H35N5O6. The van der Waals surface area contributed by atoms with E-state index in [1.165, 1.54) is 4.90 Å². The van der Waals surface area contributed by atoms with Crippen molar-refractivity contribution in [2.75, 3.05) is 39.2 Å². The van der Waals surface area contributed by atoms with Crippen molar-refractivity contribution in [2.45, 2.75) is 39.8 Å². The van der Waals surface area contributed by atoms with E-state index in [0.717, 1.165) is 16.9 Å². The van der Waals surface area contributed by atoms with Gasteiger partial charge in [0.2, 0.25) is 5.88 Å². The maximum atomic E-state index is 13.7. The van der Waals surface area contributed by atoms with Gasteiger partial charge in [0.1, 0.15) is 28.8 Å². The minimum absolute atomic E-state index is 0.173. The first kappa shape index (κ1) is 27.9. The molecule has 0 radical (unpaired) electrons. The molecule has 2 aromatic heterocycles.